The highest BCUT2D eigenvalue weighted by Crippen LogP contribution is 2.35. The number of rotatable bonds is 3. The summed E-state index contributed by atoms with van der Waals surface area (Å²) in [5, 5.41) is 4.57. The monoisotopic (exact) mass is 382 g/mol. The summed E-state index contributed by atoms with van der Waals surface area (Å²) in [4.78, 5) is 23.7. The topological polar surface area (TPSA) is 58.1 Å². The van der Waals surface area contributed by atoms with Gasteiger partial charge in [0.05, 0.1) is 25.4 Å². The highest BCUT2D eigenvalue weighted by atomic mass is 32.1. The van der Waals surface area contributed by atoms with E-state index in [-0.39, 0.29) is 5.91 Å². The molecule has 0 aliphatic carbocycles. The quantitative estimate of drug-likeness (QED) is 0.551. The maximum atomic E-state index is 12.6. The molecule has 0 aliphatic rings. The van der Waals surface area contributed by atoms with E-state index in [9.17, 15) is 4.79 Å². The number of aryl methyl sites for hydroxylation is 2. The number of hydrogen-bond donors (Lipinski definition) is 1. The van der Waals surface area contributed by atoms with E-state index in [0.717, 1.165) is 36.7 Å². The summed E-state index contributed by atoms with van der Waals surface area (Å²) >= 11 is 3.15. The van der Waals surface area contributed by atoms with Crippen molar-refractivity contribution in [3.05, 3.63) is 46.5 Å². The third-order valence-corrected chi connectivity index (χ3v) is 6.32. The van der Waals surface area contributed by atoms with Gasteiger partial charge >= 0.3 is 0 Å². The average Bonchev–Trinajstić information content (AvgIpc) is 3.16. The van der Waals surface area contributed by atoms with Crippen LogP contribution in [0.25, 0.3) is 20.4 Å². The minimum Gasteiger partial charge on any atom is -0.377 e. The predicted molar refractivity (Wildman–Crippen MR) is 111 cm³/mol. The smallest absolute Gasteiger partial charge is 0.257 e. The van der Waals surface area contributed by atoms with E-state index in [1.165, 1.54) is 11.3 Å². The van der Waals surface area contributed by atoms with Crippen LogP contribution in [0.2, 0.25) is 0 Å². The zero-order chi connectivity index (χ0) is 18.4. The number of carbonyl (C=O) groups is 1. The van der Waals surface area contributed by atoms with Crippen LogP contribution >= 0.6 is 22.7 Å². The van der Waals surface area contributed by atoms with E-state index in [0.29, 0.717) is 10.7 Å². The van der Waals surface area contributed by atoms with Crippen LogP contribution in [0.3, 0.4) is 0 Å². The highest BCUT2D eigenvalue weighted by Gasteiger charge is 2.14. The Hall–Kier alpha value is -2.51. The van der Waals surface area contributed by atoms with Crippen LogP contribution in [0.4, 0.5) is 10.8 Å². The molecule has 0 spiro atoms. The molecule has 1 amide bonds. The fourth-order valence-electron chi connectivity index (χ4n) is 3.01. The minimum atomic E-state index is -0.144. The molecule has 5 nitrogen and oxygen atoms in total. The van der Waals surface area contributed by atoms with Crippen molar-refractivity contribution >= 4 is 59.8 Å². The molecule has 0 bridgehead atoms. The number of carbonyl (C=O) groups excluding carboxylic acids is 1. The van der Waals surface area contributed by atoms with Gasteiger partial charge in [-0.25, -0.2) is 9.97 Å². The Morgan fingerprint density at radius 1 is 1.00 bits per heavy atom. The maximum Gasteiger partial charge on any atom is 0.257 e. The molecule has 7 heteroatoms. The van der Waals surface area contributed by atoms with Crippen molar-refractivity contribution in [2.24, 2.45) is 0 Å². The minimum absolute atomic E-state index is 0.144. The van der Waals surface area contributed by atoms with Crippen LogP contribution in [-0.2, 0) is 0 Å². The Morgan fingerprint density at radius 2 is 1.69 bits per heavy atom. The van der Waals surface area contributed by atoms with Gasteiger partial charge < -0.3 is 4.90 Å². The van der Waals surface area contributed by atoms with Gasteiger partial charge in [0.15, 0.2) is 5.13 Å². The van der Waals surface area contributed by atoms with Gasteiger partial charge in [-0.05, 0) is 49.7 Å². The summed E-state index contributed by atoms with van der Waals surface area (Å²) in [5.74, 6) is -0.144. The molecule has 0 unspecified atom stereocenters. The standard InChI is InChI=1S/C19H18N4OS2/c1-10-9-12(5-8-15(10)23(3)4)18(24)22-19-21-14-7-6-13-16(17(14)26-19)25-11(2)20-13/h5-9H,1-4H3,(H,21,22,24). The van der Waals surface area contributed by atoms with Gasteiger partial charge in [-0.1, -0.05) is 11.3 Å². The first-order valence-corrected chi connectivity index (χ1v) is 9.81. The second kappa shape index (κ2) is 6.34. The molecule has 0 saturated carbocycles. The van der Waals surface area contributed by atoms with Crippen LogP contribution in [0, 0.1) is 13.8 Å². The summed E-state index contributed by atoms with van der Waals surface area (Å²) in [5.41, 5.74) is 4.67. The molecule has 2 aromatic carbocycles. The van der Waals surface area contributed by atoms with E-state index in [1.54, 1.807) is 11.3 Å². The van der Waals surface area contributed by atoms with Gasteiger partial charge in [0.25, 0.3) is 5.91 Å². The fraction of sp³-hybridized carbons (Fsp3) is 0.211. The van der Waals surface area contributed by atoms with Crippen molar-refractivity contribution in [2.45, 2.75) is 13.8 Å². The van der Waals surface area contributed by atoms with E-state index in [1.807, 2.05) is 63.2 Å². The van der Waals surface area contributed by atoms with Crippen molar-refractivity contribution in [3.63, 3.8) is 0 Å². The van der Waals surface area contributed by atoms with Gasteiger partial charge in [-0.2, -0.15) is 0 Å². The van der Waals surface area contributed by atoms with Gasteiger partial charge in [-0.15, -0.1) is 11.3 Å². The number of nitrogens with one attached hydrogen (secondary N) is 1. The molecule has 0 fully saturated rings. The molecule has 26 heavy (non-hydrogen) atoms. The van der Waals surface area contributed by atoms with Crippen LogP contribution in [0.5, 0.6) is 0 Å². The number of hydrogen-bond acceptors (Lipinski definition) is 6. The zero-order valence-electron chi connectivity index (χ0n) is 15.0. The molecule has 4 aromatic rings. The highest BCUT2D eigenvalue weighted by molar-refractivity contribution is 7.28. The van der Waals surface area contributed by atoms with E-state index >= 15 is 0 Å². The predicted octanol–water partition coefficient (Wildman–Crippen LogP) is 4.84. The number of fused-ring (bicyclic) bond motifs is 3. The SMILES string of the molecule is Cc1nc2ccc3nc(NC(=O)c4ccc(N(C)C)c(C)c4)sc3c2s1. The summed E-state index contributed by atoms with van der Waals surface area (Å²) < 4.78 is 2.20. The Bertz CT molecular complexity index is 1140. The number of anilines is 2. The van der Waals surface area contributed by atoms with Gasteiger partial charge in [0.2, 0.25) is 0 Å². The number of amides is 1. The molecular weight excluding hydrogens is 364 g/mol. The normalized spacial score (nSPS) is 11.2. The molecule has 1 N–H and O–H groups in total. The Morgan fingerprint density at radius 3 is 2.38 bits per heavy atom. The lowest BCUT2D eigenvalue weighted by molar-refractivity contribution is 0.102. The average molecular weight is 383 g/mol. The summed E-state index contributed by atoms with van der Waals surface area (Å²) in [6, 6.07) is 9.65. The van der Waals surface area contributed by atoms with Crippen LogP contribution < -0.4 is 10.2 Å². The third kappa shape index (κ3) is 2.93. The summed E-state index contributed by atoms with van der Waals surface area (Å²) in [6.45, 7) is 4.01. The zero-order valence-corrected chi connectivity index (χ0v) is 16.6. The summed E-state index contributed by atoms with van der Waals surface area (Å²) in [7, 11) is 3.98. The Balaban J connectivity index is 1.65. The first kappa shape index (κ1) is 16.9. The van der Waals surface area contributed by atoms with Crippen molar-refractivity contribution in [1.29, 1.82) is 0 Å². The molecule has 2 aromatic heterocycles. The number of benzene rings is 2. The first-order valence-electron chi connectivity index (χ1n) is 8.18. The molecule has 2 heterocycles. The van der Waals surface area contributed by atoms with E-state index in [2.05, 4.69) is 15.3 Å². The summed E-state index contributed by atoms with van der Waals surface area (Å²) in [6.07, 6.45) is 0. The maximum absolute atomic E-state index is 12.6. The largest absolute Gasteiger partial charge is 0.377 e. The van der Waals surface area contributed by atoms with Gasteiger partial charge in [-0.3, -0.25) is 10.1 Å². The van der Waals surface area contributed by atoms with Gasteiger partial charge in [0.1, 0.15) is 0 Å². The molecule has 0 atom stereocenters. The molecule has 0 saturated heterocycles. The van der Waals surface area contributed by atoms with Crippen LogP contribution in [-0.4, -0.2) is 30.0 Å². The second-order valence-corrected chi connectivity index (χ2v) is 8.57. The lowest BCUT2D eigenvalue weighted by Gasteiger charge is -2.16. The molecule has 4 rings (SSSR count). The van der Waals surface area contributed by atoms with Crippen molar-refractivity contribution in [3.8, 4) is 0 Å². The third-order valence-electron chi connectivity index (χ3n) is 4.18. The fourth-order valence-corrected chi connectivity index (χ4v) is 5.01. The molecule has 0 radical (unpaired) electrons. The lowest BCUT2D eigenvalue weighted by atomic mass is 10.1. The lowest BCUT2D eigenvalue weighted by Crippen LogP contribution is -2.14. The van der Waals surface area contributed by atoms with Crippen molar-refractivity contribution in [2.75, 3.05) is 24.3 Å². The molecule has 0 aliphatic heterocycles. The van der Waals surface area contributed by atoms with Crippen molar-refractivity contribution < 1.29 is 4.79 Å². The number of thiazole rings is 2. The van der Waals surface area contributed by atoms with Gasteiger partial charge in [0, 0.05) is 25.3 Å². The Kier molecular flexibility index (Phi) is 4.13. The van der Waals surface area contributed by atoms with E-state index in [4.69, 9.17) is 0 Å². The van der Waals surface area contributed by atoms with Crippen molar-refractivity contribution in [1.82, 2.24) is 9.97 Å². The molecule has 132 valence electrons. The molecular formula is C19H18N4OS2. The second-order valence-electron chi connectivity index (χ2n) is 6.36. The first-order chi connectivity index (χ1) is 12.4. The Labute approximate surface area is 159 Å². The number of nitrogens with zero attached hydrogens (tertiary/aromatic N) is 3. The van der Waals surface area contributed by atoms with Crippen LogP contribution in [0.15, 0.2) is 30.3 Å². The van der Waals surface area contributed by atoms with Crippen LogP contribution in [0.1, 0.15) is 20.9 Å². The number of aromatic nitrogens is 2. The van der Waals surface area contributed by atoms with E-state index < -0.39 is 0 Å².